The maximum atomic E-state index is 11.7. The summed E-state index contributed by atoms with van der Waals surface area (Å²) in [4.78, 5) is 11.7. The summed E-state index contributed by atoms with van der Waals surface area (Å²) in [5, 5.41) is 4.21. The van der Waals surface area contributed by atoms with E-state index in [0.717, 1.165) is 16.6 Å². The molecule has 0 radical (unpaired) electrons. The van der Waals surface area contributed by atoms with Crippen molar-refractivity contribution < 1.29 is 0 Å². The predicted molar refractivity (Wildman–Crippen MR) is 66.7 cm³/mol. The summed E-state index contributed by atoms with van der Waals surface area (Å²) >= 11 is 0. The van der Waals surface area contributed by atoms with E-state index in [-0.39, 0.29) is 5.56 Å². The second-order valence-corrected chi connectivity index (χ2v) is 3.69. The van der Waals surface area contributed by atoms with Crippen molar-refractivity contribution in [2.75, 3.05) is 18.4 Å². The number of nitrogens with two attached hydrogens (primary N) is 1. The Kier molecular flexibility index (Phi) is 2.92. The number of aryl methyl sites for hydroxylation is 1. The molecule has 0 aliphatic heterocycles. The topological polar surface area (TPSA) is 60.0 Å². The number of para-hydroxylation sites is 1. The van der Waals surface area contributed by atoms with Crippen LogP contribution in [0.2, 0.25) is 0 Å². The second kappa shape index (κ2) is 4.37. The number of hydrogen-bond acceptors (Lipinski definition) is 3. The average Bonchev–Trinajstić information content (AvgIpc) is 2.32. The predicted octanol–water partition coefficient (Wildman–Crippen LogP) is 0.909. The minimum atomic E-state index is -0.0155. The van der Waals surface area contributed by atoms with E-state index in [9.17, 15) is 4.79 Å². The van der Waals surface area contributed by atoms with Crippen LogP contribution in [0.15, 0.2) is 35.1 Å². The first-order valence-corrected chi connectivity index (χ1v) is 5.27. The van der Waals surface area contributed by atoms with Gasteiger partial charge in [-0.2, -0.15) is 0 Å². The molecular weight excluding hydrogens is 202 g/mol. The Balaban J connectivity index is 2.65. The SMILES string of the molecule is Cn1c(=O)cc(NCCN)c2ccccc21. The number of fused-ring (bicyclic) bond motifs is 1. The summed E-state index contributed by atoms with van der Waals surface area (Å²) in [6, 6.07) is 9.42. The molecule has 0 amide bonds. The number of rotatable bonds is 3. The fraction of sp³-hybridized carbons (Fsp3) is 0.250. The summed E-state index contributed by atoms with van der Waals surface area (Å²) in [7, 11) is 1.78. The van der Waals surface area contributed by atoms with E-state index in [0.29, 0.717) is 13.1 Å². The largest absolute Gasteiger partial charge is 0.383 e. The maximum absolute atomic E-state index is 11.7. The molecule has 0 atom stereocenters. The standard InChI is InChI=1S/C12H15N3O/c1-15-11-5-3-2-4-9(11)10(8-12(15)16)14-7-6-13/h2-5,8,14H,6-7,13H2,1H3. The monoisotopic (exact) mass is 217 g/mol. The highest BCUT2D eigenvalue weighted by atomic mass is 16.1. The molecule has 1 aromatic heterocycles. The molecule has 16 heavy (non-hydrogen) atoms. The third-order valence-electron chi connectivity index (χ3n) is 2.61. The van der Waals surface area contributed by atoms with Crippen LogP contribution in [-0.2, 0) is 7.05 Å². The highest BCUT2D eigenvalue weighted by Gasteiger charge is 2.04. The zero-order chi connectivity index (χ0) is 11.5. The van der Waals surface area contributed by atoms with Crippen LogP contribution in [0.3, 0.4) is 0 Å². The normalized spacial score (nSPS) is 10.6. The zero-order valence-electron chi connectivity index (χ0n) is 9.23. The van der Waals surface area contributed by atoms with Crippen LogP contribution in [0.4, 0.5) is 5.69 Å². The van der Waals surface area contributed by atoms with E-state index < -0.39 is 0 Å². The molecule has 0 unspecified atom stereocenters. The van der Waals surface area contributed by atoms with Crippen molar-refractivity contribution in [2.24, 2.45) is 12.8 Å². The number of nitrogens with zero attached hydrogens (tertiary/aromatic N) is 1. The van der Waals surface area contributed by atoms with Crippen LogP contribution in [-0.4, -0.2) is 17.7 Å². The van der Waals surface area contributed by atoms with Crippen molar-refractivity contribution in [1.82, 2.24) is 4.57 Å². The Hall–Kier alpha value is -1.81. The van der Waals surface area contributed by atoms with Gasteiger partial charge in [0.05, 0.1) is 5.52 Å². The molecule has 0 bridgehead atoms. The van der Waals surface area contributed by atoms with Gasteiger partial charge in [0.15, 0.2) is 0 Å². The number of pyridine rings is 1. The first-order valence-electron chi connectivity index (χ1n) is 5.27. The van der Waals surface area contributed by atoms with Gasteiger partial charge in [0.2, 0.25) is 0 Å². The van der Waals surface area contributed by atoms with Gasteiger partial charge >= 0.3 is 0 Å². The quantitative estimate of drug-likeness (QED) is 0.803. The highest BCUT2D eigenvalue weighted by molar-refractivity contribution is 5.91. The average molecular weight is 217 g/mol. The second-order valence-electron chi connectivity index (χ2n) is 3.69. The van der Waals surface area contributed by atoms with Crippen LogP contribution in [0.5, 0.6) is 0 Å². The molecule has 0 saturated carbocycles. The molecule has 0 spiro atoms. The molecule has 1 heterocycles. The van der Waals surface area contributed by atoms with Crippen LogP contribution < -0.4 is 16.6 Å². The van der Waals surface area contributed by atoms with Crippen LogP contribution in [0, 0.1) is 0 Å². The Labute approximate surface area is 93.7 Å². The summed E-state index contributed by atoms with van der Waals surface area (Å²) in [5.41, 5.74) is 7.20. The first kappa shape index (κ1) is 10.7. The van der Waals surface area contributed by atoms with E-state index in [4.69, 9.17) is 5.73 Å². The Morgan fingerprint density at radius 3 is 2.88 bits per heavy atom. The molecule has 0 saturated heterocycles. The van der Waals surface area contributed by atoms with Crippen molar-refractivity contribution in [3.05, 3.63) is 40.7 Å². The minimum Gasteiger partial charge on any atom is -0.383 e. The molecule has 2 aromatic rings. The lowest BCUT2D eigenvalue weighted by Crippen LogP contribution is -2.19. The van der Waals surface area contributed by atoms with Gasteiger partial charge in [0.1, 0.15) is 0 Å². The molecule has 84 valence electrons. The first-order chi connectivity index (χ1) is 7.74. The Bertz CT molecular complexity index is 560. The van der Waals surface area contributed by atoms with Crippen LogP contribution in [0.1, 0.15) is 0 Å². The summed E-state index contributed by atoms with van der Waals surface area (Å²) < 4.78 is 1.64. The van der Waals surface area contributed by atoms with Gasteiger partial charge in [-0.3, -0.25) is 4.79 Å². The number of benzene rings is 1. The van der Waals surface area contributed by atoms with E-state index in [2.05, 4.69) is 5.32 Å². The molecule has 2 rings (SSSR count). The lowest BCUT2D eigenvalue weighted by atomic mass is 10.2. The van der Waals surface area contributed by atoms with Crippen LogP contribution >= 0.6 is 0 Å². The van der Waals surface area contributed by atoms with Gasteiger partial charge < -0.3 is 15.6 Å². The minimum absolute atomic E-state index is 0.0155. The van der Waals surface area contributed by atoms with E-state index in [1.165, 1.54) is 0 Å². The van der Waals surface area contributed by atoms with Crippen molar-refractivity contribution in [3.63, 3.8) is 0 Å². The van der Waals surface area contributed by atoms with Gasteiger partial charge in [0, 0.05) is 37.3 Å². The fourth-order valence-electron chi connectivity index (χ4n) is 1.76. The van der Waals surface area contributed by atoms with E-state index in [1.54, 1.807) is 17.7 Å². The van der Waals surface area contributed by atoms with E-state index >= 15 is 0 Å². The third kappa shape index (κ3) is 1.79. The van der Waals surface area contributed by atoms with Crippen molar-refractivity contribution in [1.29, 1.82) is 0 Å². The molecule has 4 nitrogen and oxygen atoms in total. The summed E-state index contributed by atoms with van der Waals surface area (Å²) in [6.45, 7) is 1.21. The molecule has 0 aliphatic rings. The molecular formula is C12H15N3O. The lowest BCUT2D eigenvalue weighted by molar-refractivity contribution is 0.905. The molecule has 4 heteroatoms. The van der Waals surface area contributed by atoms with Gasteiger partial charge in [-0.15, -0.1) is 0 Å². The maximum Gasteiger partial charge on any atom is 0.252 e. The van der Waals surface area contributed by atoms with E-state index in [1.807, 2.05) is 24.3 Å². The van der Waals surface area contributed by atoms with Gasteiger partial charge in [-0.05, 0) is 6.07 Å². The number of aromatic nitrogens is 1. The Morgan fingerprint density at radius 2 is 2.12 bits per heavy atom. The fourth-order valence-corrected chi connectivity index (χ4v) is 1.76. The number of anilines is 1. The number of nitrogens with one attached hydrogen (secondary N) is 1. The summed E-state index contributed by atoms with van der Waals surface area (Å²) in [6.07, 6.45) is 0. The molecule has 0 fully saturated rings. The third-order valence-corrected chi connectivity index (χ3v) is 2.61. The molecule has 1 aromatic carbocycles. The number of hydrogen-bond donors (Lipinski definition) is 2. The van der Waals surface area contributed by atoms with Gasteiger partial charge in [0.25, 0.3) is 5.56 Å². The molecule has 3 N–H and O–H groups in total. The Morgan fingerprint density at radius 1 is 1.38 bits per heavy atom. The van der Waals surface area contributed by atoms with Crippen molar-refractivity contribution >= 4 is 16.6 Å². The molecule has 0 aliphatic carbocycles. The zero-order valence-corrected chi connectivity index (χ0v) is 9.23. The smallest absolute Gasteiger partial charge is 0.252 e. The lowest BCUT2D eigenvalue weighted by Gasteiger charge is -2.11. The van der Waals surface area contributed by atoms with Gasteiger partial charge in [-0.25, -0.2) is 0 Å². The van der Waals surface area contributed by atoms with Crippen molar-refractivity contribution in [3.8, 4) is 0 Å². The highest BCUT2D eigenvalue weighted by Crippen LogP contribution is 2.20. The summed E-state index contributed by atoms with van der Waals surface area (Å²) in [5.74, 6) is 0. The van der Waals surface area contributed by atoms with Gasteiger partial charge in [-0.1, -0.05) is 18.2 Å². The van der Waals surface area contributed by atoms with Crippen LogP contribution in [0.25, 0.3) is 10.9 Å². The van der Waals surface area contributed by atoms with Crippen molar-refractivity contribution in [2.45, 2.75) is 0 Å².